The average molecular weight is 204 g/mol. The zero-order valence-electron chi connectivity index (χ0n) is 6.79. The van der Waals surface area contributed by atoms with Gasteiger partial charge in [-0.25, -0.2) is 4.39 Å². The van der Waals surface area contributed by atoms with E-state index in [0.29, 0.717) is 0 Å². The number of benzene rings is 1. The third kappa shape index (κ3) is 1.89. The highest BCUT2D eigenvalue weighted by Gasteiger charge is 2.10. The quantitative estimate of drug-likeness (QED) is 0.455. The molecule has 1 N–H and O–H groups in total. The highest BCUT2D eigenvalue weighted by molar-refractivity contribution is 6.31. The molecule has 1 aromatic rings. The van der Waals surface area contributed by atoms with Crippen LogP contribution in [0.15, 0.2) is 17.3 Å². The number of rotatable bonds is 2. The van der Waals surface area contributed by atoms with Crippen molar-refractivity contribution in [3.63, 3.8) is 0 Å². The number of methoxy groups -OCH3 is 1. The molecule has 0 spiro atoms. The summed E-state index contributed by atoms with van der Waals surface area (Å²) >= 11 is 5.50. The molecule has 0 aliphatic heterocycles. The number of ether oxygens (including phenoxy) is 1. The first kappa shape index (κ1) is 9.80. The van der Waals surface area contributed by atoms with Crippen molar-refractivity contribution in [2.45, 2.75) is 0 Å². The van der Waals surface area contributed by atoms with Gasteiger partial charge in [-0.05, 0) is 12.1 Å². The molecule has 0 fully saturated rings. The molecule has 0 saturated carbocycles. The molecule has 70 valence electrons. The Bertz CT molecular complexity index is 341. The molecule has 0 unspecified atom stereocenters. The number of hydrogen-bond acceptors (Lipinski definition) is 3. The zero-order chi connectivity index (χ0) is 9.84. The molecule has 13 heavy (non-hydrogen) atoms. The van der Waals surface area contributed by atoms with Crippen molar-refractivity contribution in [3.05, 3.63) is 28.5 Å². The molecule has 0 saturated heterocycles. The van der Waals surface area contributed by atoms with Gasteiger partial charge < -0.3 is 9.94 Å². The van der Waals surface area contributed by atoms with Gasteiger partial charge in [0, 0.05) is 0 Å². The summed E-state index contributed by atoms with van der Waals surface area (Å²) in [6.07, 6.45) is 0.931. The van der Waals surface area contributed by atoms with Crippen LogP contribution in [0.2, 0.25) is 5.02 Å². The van der Waals surface area contributed by atoms with Crippen LogP contribution < -0.4 is 4.74 Å². The summed E-state index contributed by atoms with van der Waals surface area (Å²) in [5.41, 5.74) is 0.0255. The minimum Gasteiger partial charge on any atom is -0.496 e. The largest absolute Gasteiger partial charge is 0.496 e. The van der Waals surface area contributed by atoms with Crippen LogP contribution in [0.1, 0.15) is 5.56 Å². The van der Waals surface area contributed by atoms with E-state index < -0.39 is 5.82 Å². The fourth-order valence-electron chi connectivity index (χ4n) is 0.905. The van der Waals surface area contributed by atoms with E-state index in [9.17, 15) is 4.39 Å². The van der Waals surface area contributed by atoms with Crippen molar-refractivity contribution in [2.75, 3.05) is 7.11 Å². The molecule has 1 rings (SSSR count). The highest BCUT2D eigenvalue weighted by Crippen LogP contribution is 2.25. The van der Waals surface area contributed by atoms with Gasteiger partial charge >= 0.3 is 0 Å². The lowest BCUT2D eigenvalue weighted by Gasteiger charge is -2.05. The molecule has 0 heterocycles. The van der Waals surface area contributed by atoms with Crippen LogP contribution in [0.25, 0.3) is 0 Å². The Kier molecular flexibility index (Phi) is 3.08. The lowest BCUT2D eigenvalue weighted by Crippen LogP contribution is -1.95. The van der Waals surface area contributed by atoms with Crippen molar-refractivity contribution >= 4 is 17.8 Å². The van der Waals surface area contributed by atoms with Crippen LogP contribution in [0.3, 0.4) is 0 Å². The molecular weight excluding hydrogens is 197 g/mol. The van der Waals surface area contributed by atoms with Crippen molar-refractivity contribution in [1.82, 2.24) is 0 Å². The second-order valence-corrected chi connectivity index (χ2v) is 2.63. The van der Waals surface area contributed by atoms with Crippen molar-refractivity contribution in [2.24, 2.45) is 5.16 Å². The summed E-state index contributed by atoms with van der Waals surface area (Å²) in [7, 11) is 1.39. The average Bonchev–Trinajstić information content (AvgIpc) is 2.14. The van der Waals surface area contributed by atoms with Gasteiger partial charge in [-0.1, -0.05) is 16.8 Å². The second kappa shape index (κ2) is 4.09. The fourth-order valence-corrected chi connectivity index (χ4v) is 1.07. The van der Waals surface area contributed by atoms with E-state index in [1.807, 2.05) is 0 Å². The SMILES string of the molecule is COc1ccc(Cl)c(F)c1/C=N/O. The topological polar surface area (TPSA) is 41.8 Å². The first-order valence-corrected chi connectivity index (χ1v) is 3.78. The summed E-state index contributed by atoms with van der Waals surface area (Å²) < 4.78 is 18.1. The van der Waals surface area contributed by atoms with Gasteiger partial charge in [-0.2, -0.15) is 0 Å². The van der Waals surface area contributed by atoms with E-state index in [-0.39, 0.29) is 16.3 Å². The van der Waals surface area contributed by atoms with Gasteiger partial charge in [0.15, 0.2) is 5.82 Å². The molecule has 5 heteroatoms. The van der Waals surface area contributed by atoms with Gasteiger partial charge in [0.1, 0.15) is 5.75 Å². The first-order chi connectivity index (χ1) is 6.20. The predicted octanol–water partition coefficient (Wildman–Crippen LogP) is 2.30. The summed E-state index contributed by atoms with van der Waals surface area (Å²) in [4.78, 5) is 0. The van der Waals surface area contributed by atoms with Gasteiger partial charge in [-0.3, -0.25) is 0 Å². The molecule has 0 aliphatic rings. The maximum absolute atomic E-state index is 13.2. The van der Waals surface area contributed by atoms with Crippen molar-refractivity contribution < 1.29 is 14.3 Å². The summed E-state index contributed by atoms with van der Waals surface area (Å²) in [6.45, 7) is 0. The Hall–Kier alpha value is -1.29. The second-order valence-electron chi connectivity index (χ2n) is 2.22. The summed E-state index contributed by atoms with van der Waals surface area (Å²) in [5.74, 6) is -0.404. The molecule has 3 nitrogen and oxygen atoms in total. The Morgan fingerprint density at radius 1 is 1.62 bits per heavy atom. The number of nitrogens with zero attached hydrogens (tertiary/aromatic N) is 1. The predicted molar refractivity (Wildman–Crippen MR) is 47.3 cm³/mol. The van der Waals surface area contributed by atoms with E-state index >= 15 is 0 Å². The van der Waals surface area contributed by atoms with Crippen LogP contribution in [0, 0.1) is 5.82 Å². The third-order valence-corrected chi connectivity index (χ3v) is 1.79. The van der Waals surface area contributed by atoms with E-state index in [2.05, 4.69) is 5.16 Å². The smallest absolute Gasteiger partial charge is 0.154 e. The van der Waals surface area contributed by atoms with Gasteiger partial charge in [0.2, 0.25) is 0 Å². The normalized spacial score (nSPS) is 10.7. The van der Waals surface area contributed by atoms with Crippen LogP contribution in [-0.4, -0.2) is 18.5 Å². The minimum atomic E-state index is -0.668. The molecule has 0 atom stereocenters. The Morgan fingerprint density at radius 3 is 2.85 bits per heavy atom. The van der Waals surface area contributed by atoms with Crippen LogP contribution in [-0.2, 0) is 0 Å². The van der Waals surface area contributed by atoms with E-state index in [1.54, 1.807) is 0 Å². The molecule has 1 aromatic carbocycles. The lowest BCUT2D eigenvalue weighted by atomic mass is 10.2. The highest BCUT2D eigenvalue weighted by atomic mass is 35.5. The Balaban J connectivity index is 3.32. The summed E-state index contributed by atoms with van der Waals surface area (Å²) in [6, 6.07) is 2.85. The molecule has 0 amide bonds. The zero-order valence-corrected chi connectivity index (χ0v) is 7.55. The van der Waals surface area contributed by atoms with E-state index in [1.165, 1.54) is 19.2 Å². The van der Waals surface area contributed by atoms with Gasteiger partial charge in [0.05, 0.1) is 23.9 Å². The number of hydrogen-bond donors (Lipinski definition) is 1. The fraction of sp³-hybridized carbons (Fsp3) is 0.125. The maximum atomic E-state index is 13.2. The van der Waals surface area contributed by atoms with E-state index in [4.69, 9.17) is 21.5 Å². The van der Waals surface area contributed by atoms with Crippen molar-refractivity contribution in [3.8, 4) is 5.75 Å². The van der Waals surface area contributed by atoms with E-state index in [0.717, 1.165) is 6.21 Å². The standard InChI is InChI=1S/C8H7ClFNO2/c1-13-7-3-2-6(9)8(10)5(7)4-11-12/h2-4,12H,1H3/b11-4+. The Labute approximate surface area is 79.4 Å². The molecule has 0 radical (unpaired) electrons. The van der Waals surface area contributed by atoms with Gasteiger partial charge in [-0.15, -0.1) is 0 Å². The molecule has 0 aliphatic carbocycles. The molecular formula is C8H7ClFNO2. The minimum absolute atomic E-state index is 0.0255. The summed E-state index contributed by atoms with van der Waals surface area (Å²) in [5, 5.41) is 10.9. The molecule has 0 aromatic heterocycles. The third-order valence-electron chi connectivity index (χ3n) is 1.50. The Morgan fingerprint density at radius 2 is 2.31 bits per heavy atom. The van der Waals surface area contributed by atoms with Crippen LogP contribution >= 0.6 is 11.6 Å². The lowest BCUT2D eigenvalue weighted by molar-refractivity contribution is 0.321. The number of halogens is 2. The van der Waals surface area contributed by atoms with Crippen LogP contribution in [0.4, 0.5) is 4.39 Å². The van der Waals surface area contributed by atoms with Crippen LogP contribution in [0.5, 0.6) is 5.75 Å². The van der Waals surface area contributed by atoms with Crippen molar-refractivity contribution in [1.29, 1.82) is 0 Å². The van der Waals surface area contributed by atoms with Gasteiger partial charge in [0.25, 0.3) is 0 Å². The monoisotopic (exact) mass is 203 g/mol. The molecule has 0 bridgehead atoms. The maximum Gasteiger partial charge on any atom is 0.154 e. The first-order valence-electron chi connectivity index (χ1n) is 3.40. The number of oxime groups is 1.